The summed E-state index contributed by atoms with van der Waals surface area (Å²) in [4.78, 5) is 11.3. The summed E-state index contributed by atoms with van der Waals surface area (Å²) in [6, 6.07) is 4.30. The van der Waals surface area contributed by atoms with E-state index in [4.69, 9.17) is 0 Å². The van der Waals surface area contributed by atoms with Crippen molar-refractivity contribution in [1.82, 2.24) is 0 Å². The summed E-state index contributed by atoms with van der Waals surface area (Å²) in [5.74, 6) is -0.101. The molecule has 1 rings (SSSR count). The zero-order chi connectivity index (χ0) is 10.7. The van der Waals surface area contributed by atoms with Gasteiger partial charge in [-0.2, -0.15) is 0 Å². The first-order chi connectivity index (χ1) is 6.54. The SMILES string of the molecule is CCC(=O)c1cc(C)cc(C(F)F)c1. The van der Waals surface area contributed by atoms with Gasteiger partial charge in [0.1, 0.15) is 0 Å². The van der Waals surface area contributed by atoms with E-state index in [1.165, 1.54) is 12.1 Å². The van der Waals surface area contributed by atoms with Gasteiger partial charge in [0.2, 0.25) is 0 Å². The van der Waals surface area contributed by atoms with Crippen molar-refractivity contribution in [3.05, 3.63) is 34.9 Å². The van der Waals surface area contributed by atoms with Crippen LogP contribution in [0.15, 0.2) is 18.2 Å². The highest BCUT2D eigenvalue weighted by Crippen LogP contribution is 2.22. The van der Waals surface area contributed by atoms with Crippen LogP contribution in [-0.2, 0) is 0 Å². The van der Waals surface area contributed by atoms with Gasteiger partial charge in [0.15, 0.2) is 5.78 Å². The zero-order valence-corrected chi connectivity index (χ0v) is 8.18. The van der Waals surface area contributed by atoms with E-state index in [9.17, 15) is 13.6 Å². The van der Waals surface area contributed by atoms with E-state index in [-0.39, 0.29) is 11.3 Å². The molecule has 14 heavy (non-hydrogen) atoms. The van der Waals surface area contributed by atoms with E-state index >= 15 is 0 Å². The molecule has 0 N–H and O–H groups in total. The van der Waals surface area contributed by atoms with Crippen LogP contribution < -0.4 is 0 Å². The van der Waals surface area contributed by atoms with Gasteiger partial charge in [0, 0.05) is 17.5 Å². The summed E-state index contributed by atoms with van der Waals surface area (Å²) in [5, 5.41) is 0. The largest absolute Gasteiger partial charge is 0.294 e. The van der Waals surface area contributed by atoms with Crippen molar-refractivity contribution >= 4 is 5.78 Å². The predicted octanol–water partition coefficient (Wildman–Crippen LogP) is 3.53. The first-order valence-electron chi connectivity index (χ1n) is 4.47. The van der Waals surface area contributed by atoms with Gasteiger partial charge in [-0.1, -0.05) is 13.0 Å². The minimum Gasteiger partial charge on any atom is -0.294 e. The lowest BCUT2D eigenvalue weighted by Crippen LogP contribution is -1.99. The van der Waals surface area contributed by atoms with E-state index in [0.29, 0.717) is 17.5 Å². The van der Waals surface area contributed by atoms with Crippen LogP contribution in [0.2, 0.25) is 0 Å². The highest BCUT2D eigenvalue weighted by atomic mass is 19.3. The molecule has 0 saturated carbocycles. The molecule has 0 amide bonds. The number of aryl methyl sites for hydroxylation is 1. The minimum atomic E-state index is -2.52. The zero-order valence-electron chi connectivity index (χ0n) is 8.18. The molecule has 0 aromatic heterocycles. The first-order valence-corrected chi connectivity index (χ1v) is 4.47. The third-order valence-electron chi connectivity index (χ3n) is 1.99. The Morgan fingerprint density at radius 2 is 2.00 bits per heavy atom. The number of benzene rings is 1. The summed E-state index contributed by atoms with van der Waals surface area (Å²) >= 11 is 0. The Morgan fingerprint density at radius 3 is 2.50 bits per heavy atom. The number of alkyl halides is 2. The van der Waals surface area contributed by atoms with Crippen molar-refractivity contribution in [3.63, 3.8) is 0 Å². The minimum absolute atomic E-state index is 0.0817. The molecule has 0 saturated heterocycles. The van der Waals surface area contributed by atoms with Gasteiger partial charge in [-0.25, -0.2) is 8.78 Å². The number of halogens is 2. The van der Waals surface area contributed by atoms with Crippen molar-refractivity contribution in [2.45, 2.75) is 26.7 Å². The standard InChI is InChI=1S/C11H12F2O/c1-3-10(14)8-4-7(2)5-9(6-8)11(12)13/h4-6,11H,3H2,1-2H3. The van der Waals surface area contributed by atoms with Gasteiger partial charge in [0.05, 0.1) is 0 Å². The molecule has 0 atom stereocenters. The van der Waals surface area contributed by atoms with Gasteiger partial charge < -0.3 is 0 Å². The molecule has 0 aliphatic heterocycles. The normalized spacial score (nSPS) is 10.6. The summed E-state index contributed by atoms with van der Waals surface area (Å²) in [7, 11) is 0. The second-order valence-corrected chi connectivity index (χ2v) is 3.21. The molecule has 0 unspecified atom stereocenters. The van der Waals surface area contributed by atoms with Gasteiger partial charge in [-0.05, 0) is 24.6 Å². The molecule has 0 heterocycles. The monoisotopic (exact) mass is 198 g/mol. The molecule has 0 bridgehead atoms. The number of rotatable bonds is 3. The molecule has 0 fully saturated rings. The topological polar surface area (TPSA) is 17.1 Å². The fourth-order valence-electron chi connectivity index (χ4n) is 1.30. The lowest BCUT2D eigenvalue weighted by molar-refractivity contribution is 0.0987. The average molecular weight is 198 g/mol. The fraction of sp³-hybridized carbons (Fsp3) is 0.364. The Hall–Kier alpha value is -1.25. The van der Waals surface area contributed by atoms with Crippen LogP contribution >= 0.6 is 0 Å². The van der Waals surface area contributed by atoms with Gasteiger partial charge in [-0.15, -0.1) is 0 Å². The van der Waals surface area contributed by atoms with Crippen LogP contribution in [0.4, 0.5) is 8.78 Å². The lowest BCUT2D eigenvalue weighted by Gasteiger charge is -2.05. The maximum Gasteiger partial charge on any atom is 0.263 e. The third-order valence-corrected chi connectivity index (χ3v) is 1.99. The van der Waals surface area contributed by atoms with Gasteiger partial charge >= 0.3 is 0 Å². The number of ketones is 1. The van der Waals surface area contributed by atoms with E-state index in [2.05, 4.69) is 0 Å². The maximum absolute atomic E-state index is 12.4. The molecule has 76 valence electrons. The predicted molar refractivity (Wildman–Crippen MR) is 50.8 cm³/mol. The molecule has 1 aromatic carbocycles. The Bertz CT molecular complexity index is 345. The molecular formula is C11H12F2O. The Balaban J connectivity index is 3.13. The van der Waals surface area contributed by atoms with Crippen molar-refractivity contribution in [2.75, 3.05) is 0 Å². The van der Waals surface area contributed by atoms with Crippen LogP contribution in [0.25, 0.3) is 0 Å². The van der Waals surface area contributed by atoms with Crippen molar-refractivity contribution in [2.24, 2.45) is 0 Å². The summed E-state index contributed by atoms with van der Waals surface area (Å²) in [6.45, 7) is 3.42. The maximum atomic E-state index is 12.4. The van der Waals surface area contributed by atoms with Crippen molar-refractivity contribution in [3.8, 4) is 0 Å². The second-order valence-electron chi connectivity index (χ2n) is 3.21. The summed E-state index contributed by atoms with van der Waals surface area (Å²) in [5.41, 5.74) is 0.990. The molecular weight excluding hydrogens is 186 g/mol. The Morgan fingerprint density at radius 1 is 1.36 bits per heavy atom. The summed E-state index contributed by atoms with van der Waals surface area (Å²) in [6.07, 6.45) is -2.18. The van der Waals surface area contributed by atoms with Crippen LogP contribution in [0.3, 0.4) is 0 Å². The van der Waals surface area contributed by atoms with Crippen LogP contribution in [0.1, 0.15) is 41.3 Å². The smallest absolute Gasteiger partial charge is 0.263 e. The summed E-state index contributed by atoms with van der Waals surface area (Å²) < 4.78 is 24.8. The van der Waals surface area contributed by atoms with E-state index in [1.807, 2.05) is 0 Å². The number of hydrogen-bond acceptors (Lipinski definition) is 1. The van der Waals surface area contributed by atoms with E-state index in [0.717, 1.165) is 0 Å². The van der Waals surface area contributed by atoms with E-state index < -0.39 is 6.43 Å². The molecule has 3 heteroatoms. The average Bonchev–Trinajstić information content (AvgIpc) is 2.15. The highest BCUT2D eigenvalue weighted by molar-refractivity contribution is 5.96. The van der Waals surface area contributed by atoms with Gasteiger partial charge in [-0.3, -0.25) is 4.79 Å². The third kappa shape index (κ3) is 2.37. The second kappa shape index (κ2) is 4.31. The molecule has 0 aliphatic carbocycles. The highest BCUT2D eigenvalue weighted by Gasteiger charge is 2.11. The quantitative estimate of drug-likeness (QED) is 0.679. The number of Topliss-reactive ketones (excluding diaryl/α,β-unsaturated/α-hetero) is 1. The van der Waals surface area contributed by atoms with Crippen LogP contribution in [0.5, 0.6) is 0 Å². The number of carbonyl (C=O) groups excluding carboxylic acids is 1. The molecule has 0 spiro atoms. The van der Waals surface area contributed by atoms with Crippen LogP contribution in [0, 0.1) is 6.92 Å². The van der Waals surface area contributed by atoms with Crippen molar-refractivity contribution < 1.29 is 13.6 Å². The first kappa shape index (κ1) is 10.8. The number of hydrogen-bond donors (Lipinski definition) is 0. The Labute approximate surface area is 81.7 Å². The van der Waals surface area contributed by atoms with E-state index in [1.54, 1.807) is 19.9 Å². The lowest BCUT2D eigenvalue weighted by atomic mass is 10.0. The Kier molecular flexibility index (Phi) is 3.33. The molecule has 1 nitrogen and oxygen atoms in total. The fourth-order valence-corrected chi connectivity index (χ4v) is 1.30. The van der Waals surface area contributed by atoms with Gasteiger partial charge in [0.25, 0.3) is 6.43 Å². The van der Waals surface area contributed by atoms with Crippen LogP contribution in [-0.4, -0.2) is 5.78 Å². The molecule has 0 radical (unpaired) electrons. The molecule has 1 aromatic rings. The van der Waals surface area contributed by atoms with Crippen molar-refractivity contribution in [1.29, 1.82) is 0 Å². The number of carbonyl (C=O) groups is 1. The molecule has 0 aliphatic rings.